The maximum atomic E-state index is 9.14. The second-order valence-corrected chi connectivity index (χ2v) is 4.87. The molecule has 2 aromatic rings. The molecule has 0 bridgehead atoms. The van der Waals surface area contributed by atoms with E-state index in [0.29, 0.717) is 5.02 Å². The molecule has 1 heterocycles. The lowest BCUT2D eigenvalue weighted by Crippen LogP contribution is -2.08. The van der Waals surface area contributed by atoms with Crippen LogP contribution in [0, 0.1) is 18.3 Å². The average molecular weight is 264 g/mol. The van der Waals surface area contributed by atoms with E-state index in [-0.39, 0.29) is 0 Å². The first kappa shape index (κ1) is 11.9. The van der Waals surface area contributed by atoms with E-state index in [1.807, 2.05) is 24.4 Å². The van der Waals surface area contributed by atoms with Gasteiger partial charge in [0.05, 0.1) is 6.07 Å². The lowest BCUT2D eigenvalue weighted by molar-refractivity contribution is 0.963. The molecule has 86 valence electrons. The predicted octanol–water partition coefficient (Wildman–Crippen LogP) is 3.78. The van der Waals surface area contributed by atoms with Gasteiger partial charge in [0, 0.05) is 21.8 Å². The summed E-state index contributed by atoms with van der Waals surface area (Å²) < 4.78 is 0. The minimum absolute atomic E-state index is 0.438. The molecule has 1 unspecified atom stereocenters. The number of rotatable bonds is 3. The average Bonchev–Trinajstić information content (AvgIpc) is 2.73. The van der Waals surface area contributed by atoms with Crippen LogP contribution >= 0.6 is 22.9 Å². The number of nitriles is 1. The Kier molecular flexibility index (Phi) is 3.62. The first-order chi connectivity index (χ1) is 8.19. The molecule has 1 N–H and O–H groups in total. The number of aromatic nitrogens is 1. The van der Waals surface area contributed by atoms with Crippen LogP contribution in [0.2, 0.25) is 5.02 Å². The van der Waals surface area contributed by atoms with Gasteiger partial charge in [-0.2, -0.15) is 5.26 Å². The fourth-order valence-electron chi connectivity index (χ4n) is 1.40. The molecule has 0 spiro atoms. The van der Waals surface area contributed by atoms with Crippen molar-refractivity contribution in [1.29, 1.82) is 5.26 Å². The molecule has 0 radical (unpaired) electrons. The highest BCUT2D eigenvalue weighted by Crippen LogP contribution is 2.23. The third-order valence-electron chi connectivity index (χ3n) is 2.15. The van der Waals surface area contributed by atoms with E-state index >= 15 is 0 Å². The highest BCUT2D eigenvalue weighted by atomic mass is 35.5. The largest absolute Gasteiger partial charge is 0.364 e. The summed E-state index contributed by atoms with van der Waals surface area (Å²) in [6.45, 7) is 1.91. The normalized spacial score (nSPS) is 11.8. The van der Waals surface area contributed by atoms with Crippen molar-refractivity contribution in [3.63, 3.8) is 0 Å². The third-order valence-corrected chi connectivity index (χ3v) is 3.41. The van der Waals surface area contributed by atoms with Gasteiger partial charge in [0.15, 0.2) is 6.04 Å². The number of benzene rings is 1. The molecule has 17 heavy (non-hydrogen) atoms. The van der Waals surface area contributed by atoms with Crippen LogP contribution in [-0.2, 0) is 0 Å². The molecule has 3 nitrogen and oxygen atoms in total. The summed E-state index contributed by atoms with van der Waals surface area (Å²) >= 11 is 7.36. The van der Waals surface area contributed by atoms with Gasteiger partial charge in [0.25, 0.3) is 0 Å². The first-order valence-electron chi connectivity index (χ1n) is 5.03. The van der Waals surface area contributed by atoms with E-state index < -0.39 is 6.04 Å². The van der Waals surface area contributed by atoms with Crippen LogP contribution in [0.3, 0.4) is 0 Å². The zero-order valence-corrected chi connectivity index (χ0v) is 10.7. The molecule has 0 fully saturated rings. The fourth-order valence-corrected chi connectivity index (χ4v) is 2.38. The maximum absolute atomic E-state index is 9.14. The summed E-state index contributed by atoms with van der Waals surface area (Å²) in [5, 5.41) is 15.6. The van der Waals surface area contributed by atoms with E-state index in [4.69, 9.17) is 16.9 Å². The number of anilines is 1. The number of halogens is 1. The van der Waals surface area contributed by atoms with Crippen LogP contribution in [0.1, 0.15) is 16.7 Å². The zero-order chi connectivity index (χ0) is 12.3. The Labute approximate surface area is 109 Å². The van der Waals surface area contributed by atoms with Gasteiger partial charge in [-0.3, -0.25) is 0 Å². The first-order valence-corrected chi connectivity index (χ1v) is 6.28. The van der Waals surface area contributed by atoms with Gasteiger partial charge in [-0.15, -0.1) is 11.3 Å². The van der Waals surface area contributed by atoms with E-state index in [1.54, 1.807) is 12.1 Å². The molecule has 0 saturated carbocycles. The highest BCUT2D eigenvalue weighted by Gasteiger charge is 2.13. The number of thiazole rings is 1. The van der Waals surface area contributed by atoms with Gasteiger partial charge in [-0.25, -0.2) is 4.98 Å². The maximum Gasteiger partial charge on any atom is 0.166 e. The van der Waals surface area contributed by atoms with Gasteiger partial charge in [0.2, 0.25) is 0 Å². The summed E-state index contributed by atoms with van der Waals surface area (Å²) in [6.07, 6.45) is 0. The van der Waals surface area contributed by atoms with Crippen LogP contribution in [0.5, 0.6) is 0 Å². The number of hydrogen-bond acceptors (Lipinski definition) is 4. The number of aryl methyl sites for hydroxylation is 1. The zero-order valence-electron chi connectivity index (χ0n) is 9.14. The molecule has 1 aromatic heterocycles. The Morgan fingerprint density at radius 2 is 2.35 bits per heavy atom. The number of hydrogen-bond donors (Lipinski definition) is 1. The van der Waals surface area contributed by atoms with Gasteiger partial charge in [-0.05, 0) is 25.1 Å². The quantitative estimate of drug-likeness (QED) is 0.917. The molecule has 0 saturated heterocycles. The van der Waals surface area contributed by atoms with Crippen molar-refractivity contribution in [3.8, 4) is 6.07 Å². The molecule has 1 aromatic carbocycles. The molecule has 0 aliphatic heterocycles. The second kappa shape index (κ2) is 5.17. The van der Waals surface area contributed by atoms with Crippen LogP contribution in [0.15, 0.2) is 29.6 Å². The van der Waals surface area contributed by atoms with Gasteiger partial charge in [-0.1, -0.05) is 17.7 Å². The van der Waals surface area contributed by atoms with Crippen molar-refractivity contribution < 1.29 is 0 Å². The van der Waals surface area contributed by atoms with Crippen LogP contribution in [0.4, 0.5) is 5.69 Å². The summed E-state index contributed by atoms with van der Waals surface area (Å²) in [6, 6.07) is 9.04. The standard InChI is InChI=1S/C12H10ClN3S/c1-8-7-17-12(15-8)11(6-14)16-10-4-2-3-9(13)5-10/h2-5,7,11,16H,1H3. The molecule has 0 amide bonds. The summed E-state index contributed by atoms with van der Waals surface area (Å²) in [5.41, 5.74) is 1.75. The Balaban J connectivity index is 2.19. The van der Waals surface area contributed by atoms with Crippen molar-refractivity contribution in [3.05, 3.63) is 45.4 Å². The van der Waals surface area contributed by atoms with Crippen molar-refractivity contribution in [2.45, 2.75) is 13.0 Å². The van der Waals surface area contributed by atoms with Crippen molar-refractivity contribution >= 4 is 28.6 Å². The van der Waals surface area contributed by atoms with Crippen molar-refractivity contribution in [2.24, 2.45) is 0 Å². The Morgan fingerprint density at radius 1 is 1.53 bits per heavy atom. The molecule has 1 atom stereocenters. The van der Waals surface area contributed by atoms with Crippen molar-refractivity contribution in [1.82, 2.24) is 4.98 Å². The number of nitrogens with one attached hydrogen (secondary N) is 1. The van der Waals surface area contributed by atoms with Crippen LogP contribution in [-0.4, -0.2) is 4.98 Å². The van der Waals surface area contributed by atoms with Gasteiger partial charge >= 0.3 is 0 Å². The van der Waals surface area contributed by atoms with E-state index in [0.717, 1.165) is 16.4 Å². The summed E-state index contributed by atoms with van der Waals surface area (Å²) in [5.74, 6) is 0. The minimum Gasteiger partial charge on any atom is -0.364 e. The molecule has 0 aliphatic rings. The van der Waals surface area contributed by atoms with Gasteiger partial charge < -0.3 is 5.32 Å². The molecular weight excluding hydrogens is 254 g/mol. The lowest BCUT2D eigenvalue weighted by Gasteiger charge is -2.10. The molecular formula is C12H10ClN3S. The second-order valence-electron chi connectivity index (χ2n) is 3.54. The van der Waals surface area contributed by atoms with Crippen LogP contribution in [0.25, 0.3) is 0 Å². The monoisotopic (exact) mass is 263 g/mol. The Bertz CT molecular complexity index is 559. The topological polar surface area (TPSA) is 48.7 Å². The Hall–Kier alpha value is -1.57. The fraction of sp³-hybridized carbons (Fsp3) is 0.167. The van der Waals surface area contributed by atoms with Gasteiger partial charge in [0.1, 0.15) is 5.01 Å². The summed E-state index contributed by atoms with van der Waals surface area (Å²) in [4.78, 5) is 4.30. The predicted molar refractivity (Wildman–Crippen MR) is 70.3 cm³/mol. The van der Waals surface area contributed by atoms with E-state index in [2.05, 4.69) is 16.4 Å². The number of nitrogens with zero attached hydrogens (tertiary/aromatic N) is 2. The summed E-state index contributed by atoms with van der Waals surface area (Å²) in [7, 11) is 0. The molecule has 5 heteroatoms. The molecule has 2 rings (SSSR count). The van der Waals surface area contributed by atoms with Crippen molar-refractivity contribution in [2.75, 3.05) is 5.32 Å². The minimum atomic E-state index is -0.438. The van der Waals surface area contributed by atoms with E-state index in [9.17, 15) is 0 Å². The van der Waals surface area contributed by atoms with E-state index in [1.165, 1.54) is 11.3 Å². The smallest absolute Gasteiger partial charge is 0.166 e. The SMILES string of the molecule is Cc1csc(C(C#N)Nc2cccc(Cl)c2)n1. The highest BCUT2D eigenvalue weighted by molar-refractivity contribution is 7.09. The van der Waals surface area contributed by atoms with Crippen LogP contribution < -0.4 is 5.32 Å². The third kappa shape index (κ3) is 2.96. The lowest BCUT2D eigenvalue weighted by atomic mass is 10.2. The Morgan fingerprint density at radius 3 is 2.94 bits per heavy atom. The molecule has 0 aliphatic carbocycles.